The van der Waals surface area contributed by atoms with Crippen molar-refractivity contribution in [3.63, 3.8) is 0 Å². The number of cyclic esters (lactones) is 1. The van der Waals surface area contributed by atoms with E-state index >= 15 is 0 Å². The summed E-state index contributed by atoms with van der Waals surface area (Å²) in [5, 5.41) is 0. The third kappa shape index (κ3) is 4.96. The Balaban J connectivity index is 1.75. The van der Waals surface area contributed by atoms with Crippen molar-refractivity contribution in [2.24, 2.45) is 11.8 Å². The predicted molar refractivity (Wildman–Crippen MR) is 73.7 cm³/mol. The lowest BCUT2D eigenvalue weighted by atomic mass is 10.0. The molecule has 2 atom stereocenters. The fourth-order valence-electron chi connectivity index (χ4n) is 2.92. The summed E-state index contributed by atoms with van der Waals surface area (Å²) in [4.78, 5) is 23.6. The van der Waals surface area contributed by atoms with Crippen LogP contribution in [0.15, 0.2) is 0 Å². The maximum atomic E-state index is 11.9. The minimum absolute atomic E-state index is 0.0135. The van der Waals surface area contributed by atoms with E-state index in [2.05, 4.69) is 0 Å². The summed E-state index contributed by atoms with van der Waals surface area (Å²) >= 11 is 0. The Morgan fingerprint density at radius 1 is 0.737 bits per heavy atom. The Morgan fingerprint density at radius 3 is 2.00 bits per heavy atom. The number of carbonyl (C=O) groups is 2. The average Bonchev–Trinajstić information content (AvgIpc) is 3.19. The monoisotopic (exact) mass is 266 g/mol. The van der Waals surface area contributed by atoms with Gasteiger partial charge in [-0.1, -0.05) is 44.9 Å². The van der Waals surface area contributed by atoms with Gasteiger partial charge in [-0.05, 0) is 19.3 Å². The van der Waals surface area contributed by atoms with Gasteiger partial charge in [0.1, 0.15) is 5.78 Å². The van der Waals surface area contributed by atoms with Gasteiger partial charge in [0.25, 0.3) is 0 Å². The number of hydrogen-bond donors (Lipinski definition) is 0. The average molecular weight is 266 g/mol. The van der Waals surface area contributed by atoms with Crippen molar-refractivity contribution in [3.8, 4) is 0 Å². The molecule has 0 amide bonds. The highest BCUT2D eigenvalue weighted by Gasteiger charge is 2.48. The molecule has 1 aliphatic carbocycles. The van der Waals surface area contributed by atoms with Crippen LogP contribution in [0, 0.1) is 11.8 Å². The Kier molecular flexibility index (Phi) is 5.87. The minimum atomic E-state index is -0.134. The minimum Gasteiger partial charge on any atom is -0.465 e. The summed E-state index contributed by atoms with van der Waals surface area (Å²) < 4.78 is 5.25. The van der Waals surface area contributed by atoms with Gasteiger partial charge in [0, 0.05) is 12.3 Å². The second kappa shape index (κ2) is 7.66. The molecule has 1 heterocycles. The highest BCUT2D eigenvalue weighted by Crippen LogP contribution is 2.41. The Bertz CT molecular complexity index is 281. The van der Waals surface area contributed by atoms with Gasteiger partial charge in [0.05, 0.1) is 12.5 Å². The number of fused-ring (bicyclic) bond motifs is 1. The lowest BCUT2D eigenvalue weighted by Crippen LogP contribution is -2.12. The molecule has 2 rings (SSSR count). The molecule has 2 aliphatic rings. The van der Waals surface area contributed by atoms with Gasteiger partial charge in [0.2, 0.25) is 0 Å². The Morgan fingerprint density at radius 2 is 1.32 bits per heavy atom. The molecule has 1 aliphatic heterocycles. The van der Waals surface area contributed by atoms with Crippen LogP contribution < -0.4 is 0 Å². The van der Waals surface area contributed by atoms with Crippen molar-refractivity contribution in [2.45, 2.75) is 70.6 Å². The molecule has 0 bridgehead atoms. The summed E-state index contributed by atoms with van der Waals surface area (Å²) in [7, 11) is 0. The van der Waals surface area contributed by atoms with Crippen molar-refractivity contribution in [3.05, 3.63) is 0 Å². The Labute approximate surface area is 116 Å². The molecule has 108 valence electrons. The van der Waals surface area contributed by atoms with Crippen LogP contribution in [0.3, 0.4) is 0 Å². The summed E-state index contributed by atoms with van der Waals surface area (Å²) in [6.45, 7) is 0.538. The zero-order valence-corrected chi connectivity index (χ0v) is 11.9. The number of Topliss-reactive ketones (excluding diaryl/α,β-unsaturated/α-hetero) is 1. The van der Waals surface area contributed by atoms with Crippen LogP contribution in [0.2, 0.25) is 0 Å². The van der Waals surface area contributed by atoms with Crippen LogP contribution in [0.4, 0.5) is 0 Å². The van der Waals surface area contributed by atoms with Crippen molar-refractivity contribution in [1.29, 1.82) is 0 Å². The first-order valence-corrected chi connectivity index (χ1v) is 7.98. The van der Waals surface area contributed by atoms with Crippen molar-refractivity contribution < 1.29 is 14.3 Å². The molecule has 0 N–H and O–H groups in total. The molecule has 0 unspecified atom stereocenters. The van der Waals surface area contributed by atoms with E-state index in [1.54, 1.807) is 0 Å². The number of rotatable bonds is 0. The Hall–Kier alpha value is -0.860. The standard InChI is InChI=1S/C16H26O3/c17-15-10-8-6-4-2-1-3-5-7-9-11-19-16(18)14-12-13(14)15/h13-14H,1-12H2/t13-,14-/m0/s1. The molecule has 0 aromatic heterocycles. The van der Waals surface area contributed by atoms with Gasteiger partial charge in [-0.25, -0.2) is 0 Å². The second-order valence-corrected chi connectivity index (χ2v) is 6.01. The van der Waals surface area contributed by atoms with Crippen LogP contribution in [0.25, 0.3) is 0 Å². The maximum absolute atomic E-state index is 11.9. The van der Waals surface area contributed by atoms with Crippen LogP contribution in [-0.2, 0) is 14.3 Å². The van der Waals surface area contributed by atoms with Gasteiger partial charge < -0.3 is 4.74 Å². The highest BCUT2D eigenvalue weighted by molar-refractivity contribution is 5.91. The summed E-state index contributed by atoms with van der Waals surface area (Å²) in [5.74, 6) is 0.0281. The first kappa shape index (κ1) is 14.5. The second-order valence-electron chi connectivity index (χ2n) is 6.01. The quantitative estimate of drug-likeness (QED) is 0.629. The third-order valence-corrected chi connectivity index (χ3v) is 4.32. The molecule has 0 aromatic carbocycles. The zero-order valence-electron chi connectivity index (χ0n) is 11.9. The van der Waals surface area contributed by atoms with E-state index in [0.717, 1.165) is 32.1 Å². The highest BCUT2D eigenvalue weighted by atomic mass is 16.5. The molecule has 0 aromatic rings. The molecule has 2 fully saturated rings. The number of carbonyl (C=O) groups excluding carboxylic acids is 2. The predicted octanol–water partition coefficient (Wildman–Crippen LogP) is 3.65. The van der Waals surface area contributed by atoms with Crippen molar-refractivity contribution >= 4 is 11.8 Å². The van der Waals surface area contributed by atoms with E-state index in [-0.39, 0.29) is 23.6 Å². The first-order chi connectivity index (χ1) is 9.29. The van der Waals surface area contributed by atoms with Gasteiger partial charge in [0.15, 0.2) is 0 Å². The van der Waals surface area contributed by atoms with E-state index in [4.69, 9.17) is 4.74 Å². The van der Waals surface area contributed by atoms with E-state index in [1.165, 1.54) is 32.1 Å². The van der Waals surface area contributed by atoms with Crippen LogP contribution in [-0.4, -0.2) is 18.4 Å². The normalized spacial score (nSPS) is 31.4. The molecular formula is C16H26O3. The molecule has 3 nitrogen and oxygen atoms in total. The fraction of sp³-hybridized carbons (Fsp3) is 0.875. The number of ether oxygens (including phenoxy) is 1. The summed E-state index contributed by atoms with van der Waals surface area (Å²) in [6, 6.07) is 0. The first-order valence-electron chi connectivity index (χ1n) is 7.98. The number of hydrogen-bond acceptors (Lipinski definition) is 3. The molecule has 0 radical (unpaired) electrons. The molecule has 1 saturated heterocycles. The van der Waals surface area contributed by atoms with Crippen molar-refractivity contribution in [1.82, 2.24) is 0 Å². The lowest BCUT2D eigenvalue weighted by Gasteiger charge is -2.06. The van der Waals surface area contributed by atoms with Gasteiger partial charge in [-0.3, -0.25) is 9.59 Å². The lowest BCUT2D eigenvalue weighted by molar-refractivity contribution is -0.146. The molecule has 1 saturated carbocycles. The molecule has 19 heavy (non-hydrogen) atoms. The van der Waals surface area contributed by atoms with E-state index < -0.39 is 0 Å². The van der Waals surface area contributed by atoms with E-state index in [0.29, 0.717) is 13.0 Å². The van der Waals surface area contributed by atoms with Crippen LogP contribution >= 0.6 is 0 Å². The molecule has 0 spiro atoms. The van der Waals surface area contributed by atoms with Crippen molar-refractivity contribution in [2.75, 3.05) is 6.61 Å². The van der Waals surface area contributed by atoms with Gasteiger partial charge >= 0.3 is 5.97 Å². The van der Waals surface area contributed by atoms with Crippen LogP contribution in [0.1, 0.15) is 70.6 Å². The van der Waals surface area contributed by atoms with Crippen LogP contribution in [0.5, 0.6) is 0 Å². The van der Waals surface area contributed by atoms with E-state index in [9.17, 15) is 9.59 Å². The smallest absolute Gasteiger partial charge is 0.309 e. The molecule has 3 heteroatoms. The topological polar surface area (TPSA) is 43.4 Å². The summed E-state index contributed by atoms with van der Waals surface area (Å²) in [5.41, 5.74) is 0. The van der Waals surface area contributed by atoms with Gasteiger partial charge in [-0.2, -0.15) is 0 Å². The maximum Gasteiger partial charge on any atom is 0.309 e. The molecular weight excluding hydrogens is 240 g/mol. The van der Waals surface area contributed by atoms with E-state index in [1.807, 2.05) is 0 Å². The van der Waals surface area contributed by atoms with Gasteiger partial charge in [-0.15, -0.1) is 0 Å². The largest absolute Gasteiger partial charge is 0.465 e. The number of ketones is 1. The SMILES string of the molecule is O=C1CCCCCCCCCCCOC(=O)[C@H]2C[C@H]12. The zero-order chi connectivity index (χ0) is 13.5. The number of esters is 1. The third-order valence-electron chi connectivity index (χ3n) is 4.32. The summed E-state index contributed by atoms with van der Waals surface area (Å²) in [6.07, 6.45) is 12.1. The fourth-order valence-corrected chi connectivity index (χ4v) is 2.92.